The second kappa shape index (κ2) is 6.68. The smallest absolute Gasteiger partial charge is 0.251 e. The summed E-state index contributed by atoms with van der Waals surface area (Å²) < 4.78 is 12.4. The van der Waals surface area contributed by atoms with E-state index in [4.69, 9.17) is 9.47 Å². The van der Waals surface area contributed by atoms with Crippen molar-refractivity contribution >= 4 is 5.91 Å². The van der Waals surface area contributed by atoms with Gasteiger partial charge in [-0.2, -0.15) is 5.10 Å². The molecule has 2 heterocycles. The number of amides is 1. The van der Waals surface area contributed by atoms with E-state index in [1.807, 2.05) is 47.4 Å². The van der Waals surface area contributed by atoms with Crippen LogP contribution in [-0.4, -0.2) is 29.0 Å². The molecule has 0 aliphatic carbocycles. The summed E-state index contributed by atoms with van der Waals surface area (Å²) in [7, 11) is 0. The molecule has 0 bridgehead atoms. The molecule has 0 fully saturated rings. The Morgan fingerprint density at radius 2 is 1.96 bits per heavy atom. The molecule has 1 aromatic heterocycles. The van der Waals surface area contributed by atoms with Gasteiger partial charge in [-0.25, -0.2) is 4.68 Å². The lowest BCUT2D eigenvalue weighted by Gasteiger charge is -2.05. The Labute approximate surface area is 145 Å². The Hall–Kier alpha value is -3.28. The van der Waals surface area contributed by atoms with Crippen molar-refractivity contribution < 1.29 is 14.3 Å². The van der Waals surface area contributed by atoms with Crippen molar-refractivity contribution in [2.24, 2.45) is 0 Å². The zero-order valence-electron chi connectivity index (χ0n) is 13.5. The highest BCUT2D eigenvalue weighted by Gasteiger charge is 2.16. The fraction of sp³-hybridized carbons (Fsp3) is 0.158. The van der Waals surface area contributed by atoms with Crippen LogP contribution >= 0.6 is 0 Å². The molecule has 0 saturated heterocycles. The van der Waals surface area contributed by atoms with Crippen molar-refractivity contribution in [3.8, 4) is 17.2 Å². The average molecular weight is 335 g/mol. The van der Waals surface area contributed by atoms with Crippen LogP contribution in [0.2, 0.25) is 0 Å². The summed E-state index contributed by atoms with van der Waals surface area (Å²) in [6.45, 7) is 0.736. The lowest BCUT2D eigenvalue weighted by atomic mass is 10.2. The summed E-state index contributed by atoms with van der Waals surface area (Å²) in [6, 6.07) is 15.1. The van der Waals surface area contributed by atoms with Crippen LogP contribution in [0.25, 0.3) is 5.69 Å². The fourth-order valence-corrected chi connectivity index (χ4v) is 2.67. The van der Waals surface area contributed by atoms with Crippen molar-refractivity contribution in [2.75, 3.05) is 13.3 Å². The second-order valence-electron chi connectivity index (χ2n) is 5.70. The van der Waals surface area contributed by atoms with Crippen LogP contribution in [0.4, 0.5) is 0 Å². The Balaban J connectivity index is 1.33. The van der Waals surface area contributed by atoms with Crippen LogP contribution in [-0.2, 0) is 6.42 Å². The number of ether oxygens (including phenoxy) is 2. The van der Waals surface area contributed by atoms with Gasteiger partial charge < -0.3 is 14.8 Å². The molecule has 2 aromatic carbocycles. The van der Waals surface area contributed by atoms with Crippen LogP contribution < -0.4 is 14.8 Å². The van der Waals surface area contributed by atoms with Crippen LogP contribution in [0.3, 0.4) is 0 Å². The molecule has 6 heteroatoms. The molecule has 0 atom stereocenters. The van der Waals surface area contributed by atoms with E-state index in [1.54, 1.807) is 18.2 Å². The molecule has 6 nitrogen and oxygen atoms in total. The number of para-hydroxylation sites is 1. The van der Waals surface area contributed by atoms with Gasteiger partial charge in [0.05, 0.1) is 11.9 Å². The van der Waals surface area contributed by atoms with Gasteiger partial charge >= 0.3 is 0 Å². The van der Waals surface area contributed by atoms with E-state index in [1.165, 1.54) is 0 Å². The third-order valence-electron chi connectivity index (χ3n) is 3.99. The largest absolute Gasteiger partial charge is 0.454 e. The standard InChI is InChI=1S/C19H17N3O3/c23-19(15-6-7-17-18(10-15)25-13-24-17)20-9-8-14-11-21-22(12-14)16-4-2-1-3-5-16/h1-7,10-12H,8-9,13H2,(H,20,23). The molecule has 1 amide bonds. The van der Waals surface area contributed by atoms with Crippen LogP contribution in [0, 0.1) is 0 Å². The van der Waals surface area contributed by atoms with Gasteiger partial charge in [0.2, 0.25) is 6.79 Å². The highest BCUT2D eigenvalue weighted by molar-refractivity contribution is 5.94. The highest BCUT2D eigenvalue weighted by Crippen LogP contribution is 2.32. The van der Waals surface area contributed by atoms with Crippen LogP contribution in [0.5, 0.6) is 11.5 Å². The monoisotopic (exact) mass is 335 g/mol. The maximum Gasteiger partial charge on any atom is 0.251 e. The van der Waals surface area contributed by atoms with E-state index in [2.05, 4.69) is 10.4 Å². The van der Waals surface area contributed by atoms with E-state index in [0.29, 0.717) is 30.0 Å². The fourth-order valence-electron chi connectivity index (χ4n) is 2.67. The highest BCUT2D eigenvalue weighted by atomic mass is 16.7. The first-order valence-electron chi connectivity index (χ1n) is 8.06. The zero-order chi connectivity index (χ0) is 17.1. The predicted octanol–water partition coefficient (Wildman–Crippen LogP) is 2.57. The number of nitrogens with one attached hydrogen (secondary N) is 1. The number of hydrogen-bond donors (Lipinski definition) is 1. The number of rotatable bonds is 5. The predicted molar refractivity (Wildman–Crippen MR) is 92.2 cm³/mol. The number of aromatic nitrogens is 2. The van der Waals surface area contributed by atoms with Crippen molar-refractivity contribution in [1.29, 1.82) is 0 Å². The maximum absolute atomic E-state index is 12.2. The first-order chi connectivity index (χ1) is 12.3. The second-order valence-corrected chi connectivity index (χ2v) is 5.70. The SMILES string of the molecule is O=C(NCCc1cnn(-c2ccccc2)c1)c1ccc2c(c1)OCO2. The molecule has 126 valence electrons. The summed E-state index contributed by atoms with van der Waals surface area (Å²) in [6.07, 6.45) is 4.50. The van der Waals surface area contributed by atoms with Crippen molar-refractivity contribution in [2.45, 2.75) is 6.42 Å². The minimum absolute atomic E-state index is 0.131. The number of nitrogens with zero attached hydrogens (tertiary/aromatic N) is 2. The molecule has 0 unspecified atom stereocenters. The molecular weight excluding hydrogens is 318 g/mol. The molecule has 0 spiro atoms. The van der Waals surface area contributed by atoms with E-state index < -0.39 is 0 Å². The van der Waals surface area contributed by atoms with Gasteiger partial charge in [0, 0.05) is 18.3 Å². The molecule has 1 aliphatic heterocycles. The molecule has 25 heavy (non-hydrogen) atoms. The number of carbonyl (C=O) groups excluding carboxylic acids is 1. The van der Waals surface area contributed by atoms with E-state index in [-0.39, 0.29) is 12.7 Å². The van der Waals surface area contributed by atoms with Gasteiger partial charge in [-0.15, -0.1) is 0 Å². The maximum atomic E-state index is 12.2. The summed E-state index contributed by atoms with van der Waals surface area (Å²) in [5, 5.41) is 7.27. The molecular formula is C19H17N3O3. The third-order valence-corrected chi connectivity index (χ3v) is 3.99. The minimum Gasteiger partial charge on any atom is -0.454 e. The van der Waals surface area contributed by atoms with Gasteiger partial charge in [-0.3, -0.25) is 4.79 Å². The topological polar surface area (TPSA) is 65.4 Å². The van der Waals surface area contributed by atoms with Crippen molar-refractivity contribution in [1.82, 2.24) is 15.1 Å². The van der Waals surface area contributed by atoms with E-state index in [9.17, 15) is 4.79 Å². The van der Waals surface area contributed by atoms with E-state index >= 15 is 0 Å². The number of hydrogen-bond acceptors (Lipinski definition) is 4. The first kappa shape index (κ1) is 15.3. The molecule has 0 radical (unpaired) electrons. The Bertz CT molecular complexity index is 890. The number of fused-ring (bicyclic) bond motifs is 1. The molecule has 0 saturated carbocycles. The number of carbonyl (C=O) groups is 1. The normalized spacial score (nSPS) is 12.2. The Morgan fingerprint density at radius 1 is 1.12 bits per heavy atom. The Kier molecular flexibility index (Phi) is 4.08. The van der Waals surface area contributed by atoms with Gasteiger partial charge in [-0.05, 0) is 42.3 Å². The van der Waals surface area contributed by atoms with Crippen LogP contribution in [0.15, 0.2) is 60.9 Å². The van der Waals surface area contributed by atoms with Gasteiger partial charge in [0.25, 0.3) is 5.91 Å². The van der Waals surface area contributed by atoms with Crippen molar-refractivity contribution in [3.63, 3.8) is 0 Å². The van der Waals surface area contributed by atoms with Crippen molar-refractivity contribution in [3.05, 3.63) is 72.1 Å². The van der Waals surface area contributed by atoms with Gasteiger partial charge in [-0.1, -0.05) is 18.2 Å². The molecule has 3 aromatic rings. The molecule has 4 rings (SSSR count). The summed E-state index contributed by atoms with van der Waals surface area (Å²) in [4.78, 5) is 12.2. The number of benzene rings is 2. The van der Waals surface area contributed by atoms with Crippen LogP contribution in [0.1, 0.15) is 15.9 Å². The summed E-state index contributed by atoms with van der Waals surface area (Å²) in [5.74, 6) is 1.15. The van der Waals surface area contributed by atoms with Gasteiger partial charge in [0.1, 0.15) is 0 Å². The molecule has 1 aliphatic rings. The Morgan fingerprint density at radius 3 is 2.84 bits per heavy atom. The average Bonchev–Trinajstić information content (AvgIpc) is 3.31. The lowest BCUT2D eigenvalue weighted by molar-refractivity contribution is 0.0953. The van der Waals surface area contributed by atoms with Gasteiger partial charge in [0.15, 0.2) is 11.5 Å². The zero-order valence-corrected chi connectivity index (χ0v) is 13.5. The third kappa shape index (κ3) is 3.33. The quantitative estimate of drug-likeness (QED) is 0.778. The first-order valence-corrected chi connectivity index (χ1v) is 8.06. The van der Waals surface area contributed by atoms with E-state index in [0.717, 1.165) is 11.3 Å². The summed E-state index contributed by atoms with van der Waals surface area (Å²) >= 11 is 0. The minimum atomic E-state index is -0.131. The summed E-state index contributed by atoms with van der Waals surface area (Å²) in [5.41, 5.74) is 2.64. The lowest BCUT2D eigenvalue weighted by Crippen LogP contribution is -2.25. The molecule has 1 N–H and O–H groups in total.